The van der Waals surface area contributed by atoms with Crippen LogP contribution in [0.5, 0.6) is 0 Å². The van der Waals surface area contributed by atoms with E-state index in [-0.39, 0.29) is 11.9 Å². The van der Waals surface area contributed by atoms with Crippen LogP contribution in [0.3, 0.4) is 0 Å². The van der Waals surface area contributed by atoms with Crippen LogP contribution in [0.4, 0.5) is 5.69 Å². The fraction of sp³-hybridized carbons (Fsp3) is 0.409. The number of benzene rings is 2. The summed E-state index contributed by atoms with van der Waals surface area (Å²) in [7, 11) is 0. The number of para-hydroxylation sites is 1. The molecule has 0 aliphatic carbocycles. The number of morpholine rings is 1. The maximum atomic E-state index is 12.4. The van der Waals surface area contributed by atoms with Crippen molar-refractivity contribution in [1.29, 1.82) is 0 Å². The number of rotatable bonds is 7. The molecule has 1 fully saturated rings. The lowest BCUT2D eigenvalue weighted by Gasteiger charge is -2.35. The normalized spacial score (nSPS) is 16.0. The quantitative estimate of drug-likeness (QED) is 0.739. The molecule has 1 atom stereocenters. The van der Waals surface area contributed by atoms with Crippen molar-refractivity contribution in [3.63, 3.8) is 0 Å². The SMILES string of the molecule is Cc1ccc(C(CNC(=O)CCc2ccccc2N)N2CCOCC2)cc1. The van der Waals surface area contributed by atoms with E-state index in [1.807, 2.05) is 24.3 Å². The number of carbonyl (C=O) groups is 1. The zero-order valence-electron chi connectivity index (χ0n) is 16.0. The first kappa shape index (κ1) is 19.4. The fourth-order valence-electron chi connectivity index (χ4n) is 3.44. The Morgan fingerprint density at radius 2 is 1.85 bits per heavy atom. The van der Waals surface area contributed by atoms with Crippen LogP contribution < -0.4 is 11.1 Å². The van der Waals surface area contributed by atoms with Gasteiger partial charge in [-0.05, 0) is 30.5 Å². The molecule has 1 unspecified atom stereocenters. The molecule has 2 aromatic carbocycles. The fourth-order valence-corrected chi connectivity index (χ4v) is 3.44. The average molecular weight is 367 g/mol. The molecule has 0 radical (unpaired) electrons. The Balaban J connectivity index is 1.59. The van der Waals surface area contributed by atoms with Crippen LogP contribution in [0.15, 0.2) is 48.5 Å². The average Bonchev–Trinajstić information content (AvgIpc) is 2.69. The molecule has 5 nitrogen and oxygen atoms in total. The van der Waals surface area contributed by atoms with Gasteiger partial charge in [0, 0.05) is 31.7 Å². The number of anilines is 1. The highest BCUT2D eigenvalue weighted by Gasteiger charge is 2.23. The molecule has 27 heavy (non-hydrogen) atoms. The number of aryl methyl sites for hydroxylation is 2. The summed E-state index contributed by atoms with van der Waals surface area (Å²) in [6.45, 7) is 5.94. The van der Waals surface area contributed by atoms with Gasteiger partial charge < -0.3 is 15.8 Å². The lowest BCUT2D eigenvalue weighted by Crippen LogP contribution is -2.43. The number of nitrogens with two attached hydrogens (primary N) is 1. The molecule has 3 N–H and O–H groups in total. The van der Waals surface area contributed by atoms with Crippen molar-refractivity contribution in [3.05, 3.63) is 65.2 Å². The molecule has 144 valence electrons. The number of carbonyl (C=O) groups excluding carboxylic acids is 1. The molecule has 0 bridgehead atoms. The Morgan fingerprint density at radius 1 is 1.15 bits per heavy atom. The zero-order chi connectivity index (χ0) is 19.1. The van der Waals surface area contributed by atoms with Gasteiger partial charge in [0.15, 0.2) is 0 Å². The monoisotopic (exact) mass is 367 g/mol. The number of nitrogens with one attached hydrogen (secondary N) is 1. The highest BCUT2D eigenvalue weighted by Crippen LogP contribution is 2.22. The summed E-state index contributed by atoms with van der Waals surface area (Å²) >= 11 is 0. The van der Waals surface area contributed by atoms with Crippen molar-refractivity contribution in [2.24, 2.45) is 0 Å². The van der Waals surface area contributed by atoms with Gasteiger partial charge in [-0.1, -0.05) is 48.0 Å². The van der Waals surface area contributed by atoms with Gasteiger partial charge in [-0.15, -0.1) is 0 Å². The Kier molecular flexibility index (Phi) is 6.85. The molecule has 1 amide bonds. The lowest BCUT2D eigenvalue weighted by molar-refractivity contribution is -0.121. The second-order valence-electron chi connectivity index (χ2n) is 7.08. The Hall–Kier alpha value is -2.37. The molecule has 5 heteroatoms. The van der Waals surface area contributed by atoms with Gasteiger partial charge >= 0.3 is 0 Å². The van der Waals surface area contributed by atoms with Crippen LogP contribution in [-0.2, 0) is 16.0 Å². The third kappa shape index (κ3) is 5.55. The predicted octanol–water partition coefficient (Wildman–Crippen LogP) is 2.70. The molecule has 1 aliphatic rings. The van der Waals surface area contributed by atoms with Gasteiger partial charge in [0.2, 0.25) is 5.91 Å². The van der Waals surface area contributed by atoms with E-state index in [4.69, 9.17) is 10.5 Å². The first-order valence-corrected chi connectivity index (χ1v) is 9.62. The van der Waals surface area contributed by atoms with Crippen molar-refractivity contribution in [2.45, 2.75) is 25.8 Å². The van der Waals surface area contributed by atoms with E-state index in [0.717, 1.165) is 37.6 Å². The van der Waals surface area contributed by atoms with Gasteiger partial charge in [-0.25, -0.2) is 0 Å². The van der Waals surface area contributed by atoms with Crippen molar-refractivity contribution in [3.8, 4) is 0 Å². The number of hydrogen-bond donors (Lipinski definition) is 2. The third-order valence-corrected chi connectivity index (χ3v) is 5.12. The number of nitrogen functional groups attached to an aromatic ring is 1. The highest BCUT2D eigenvalue weighted by atomic mass is 16.5. The largest absolute Gasteiger partial charge is 0.399 e. The minimum Gasteiger partial charge on any atom is -0.399 e. The van der Waals surface area contributed by atoms with Gasteiger partial charge in [0.05, 0.1) is 19.3 Å². The summed E-state index contributed by atoms with van der Waals surface area (Å²) in [6.07, 6.45) is 1.10. The van der Waals surface area contributed by atoms with Crippen LogP contribution >= 0.6 is 0 Å². The molecular formula is C22H29N3O2. The summed E-state index contributed by atoms with van der Waals surface area (Å²) < 4.78 is 5.49. The van der Waals surface area contributed by atoms with Crippen molar-refractivity contribution in [2.75, 3.05) is 38.6 Å². The maximum absolute atomic E-state index is 12.4. The van der Waals surface area contributed by atoms with Crippen molar-refractivity contribution < 1.29 is 9.53 Å². The Labute approximate surface area is 161 Å². The first-order chi connectivity index (χ1) is 13.1. The van der Waals surface area contributed by atoms with E-state index in [1.165, 1.54) is 11.1 Å². The molecule has 1 aliphatic heterocycles. The van der Waals surface area contributed by atoms with Crippen molar-refractivity contribution in [1.82, 2.24) is 10.2 Å². The zero-order valence-corrected chi connectivity index (χ0v) is 16.0. The minimum atomic E-state index is 0.0589. The summed E-state index contributed by atoms with van der Waals surface area (Å²) in [5, 5.41) is 3.12. The highest BCUT2D eigenvalue weighted by molar-refractivity contribution is 5.76. The van der Waals surface area contributed by atoms with E-state index >= 15 is 0 Å². The topological polar surface area (TPSA) is 67.6 Å². The summed E-state index contributed by atoms with van der Waals surface area (Å²) in [5.74, 6) is 0.0589. The minimum absolute atomic E-state index is 0.0589. The number of ether oxygens (including phenoxy) is 1. The summed E-state index contributed by atoms with van der Waals surface area (Å²) in [5.41, 5.74) is 10.2. The number of nitrogens with zero attached hydrogens (tertiary/aromatic N) is 1. The van der Waals surface area contributed by atoms with Crippen LogP contribution in [0.25, 0.3) is 0 Å². The molecule has 0 saturated carbocycles. The van der Waals surface area contributed by atoms with E-state index in [2.05, 4.69) is 41.4 Å². The number of hydrogen-bond acceptors (Lipinski definition) is 4. The van der Waals surface area contributed by atoms with E-state index in [9.17, 15) is 4.79 Å². The molecule has 1 heterocycles. The van der Waals surface area contributed by atoms with Crippen LogP contribution in [0, 0.1) is 6.92 Å². The standard InChI is InChI=1S/C22H29N3O2/c1-17-6-8-19(9-7-17)21(25-12-14-27-15-13-25)16-24-22(26)11-10-18-4-2-3-5-20(18)23/h2-9,21H,10-16,23H2,1H3,(H,24,26). The lowest BCUT2D eigenvalue weighted by atomic mass is 10.0. The van der Waals surface area contributed by atoms with Gasteiger partial charge in [0.25, 0.3) is 0 Å². The van der Waals surface area contributed by atoms with E-state index < -0.39 is 0 Å². The van der Waals surface area contributed by atoms with Gasteiger partial charge in [0.1, 0.15) is 0 Å². The van der Waals surface area contributed by atoms with Crippen LogP contribution in [0.2, 0.25) is 0 Å². The second kappa shape index (κ2) is 9.53. The molecule has 0 aromatic heterocycles. The molecular weight excluding hydrogens is 338 g/mol. The third-order valence-electron chi connectivity index (χ3n) is 5.12. The maximum Gasteiger partial charge on any atom is 0.220 e. The Bertz CT molecular complexity index is 739. The molecule has 3 rings (SSSR count). The molecule has 0 spiro atoms. The first-order valence-electron chi connectivity index (χ1n) is 9.62. The smallest absolute Gasteiger partial charge is 0.220 e. The van der Waals surface area contributed by atoms with Gasteiger partial charge in [-0.3, -0.25) is 9.69 Å². The van der Waals surface area contributed by atoms with E-state index in [0.29, 0.717) is 19.4 Å². The summed E-state index contributed by atoms with van der Waals surface area (Å²) in [4.78, 5) is 14.8. The summed E-state index contributed by atoms with van der Waals surface area (Å²) in [6, 6.07) is 16.5. The van der Waals surface area contributed by atoms with Crippen LogP contribution in [-0.4, -0.2) is 43.7 Å². The van der Waals surface area contributed by atoms with Crippen LogP contribution in [0.1, 0.15) is 29.2 Å². The van der Waals surface area contributed by atoms with E-state index in [1.54, 1.807) is 0 Å². The second-order valence-corrected chi connectivity index (χ2v) is 7.08. The predicted molar refractivity (Wildman–Crippen MR) is 108 cm³/mol. The molecule has 2 aromatic rings. The molecule has 1 saturated heterocycles. The Morgan fingerprint density at radius 3 is 2.56 bits per heavy atom. The van der Waals surface area contributed by atoms with Gasteiger partial charge in [-0.2, -0.15) is 0 Å². The van der Waals surface area contributed by atoms with Crippen molar-refractivity contribution >= 4 is 11.6 Å². The number of amides is 1.